The molecule has 0 amide bonds. The number of hydrogen-bond donors (Lipinski definition) is 2. The predicted molar refractivity (Wildman–Crippen MR) is 96.1 cm³/mol. The third-order valence-electron chi connectivity index (χ3n) is 5.52. The van der Waals surface area contributed by atoms with E-state index < -0.39 is 0 Å². The van der Waals surface area contributed by atoms with Crippen LogP contribution in [0.4, 0.5) is 5.69 Å². The lowest BCUT2D eigenvalue weighted by Gasteiger charge is -2.25. The van der Waals surface area contributed by atoms with Crippen LogP contribution in [0.1, 0.15) is 19.3 Å². The van der Waals surface area contributed by atoms with E-state index >= 15 is 0 Å². The maximum absolute atomic E-state index is 4.53. The summed E-state index contributed by atoms with van der Waals surface area (Å²) in [7, 11) is 0. The topological polar surface area (TPSA) is 56.8 Å². The van der Waals surface area contributed by atoms with Crippen LogP contribution in [0.2, 0.25) is 0 Å². The first-order valence-corrected chi connectivity index (χ1v) is 8.72. The van der Waals surface area contributed by atoms with Crippen molar-refractivity contribution >= 4 is 16.7 Å². The van der Waals surface area contributed by atoms with Gasteiger partial charge in [0.1, 0.15) is 5.65 Å². The minimum atomic E-state index is 0.317. The second-order valence-corrected chi connectivity index (χ2v) is 6.95. The zero-order valence-corrected chi connectivity index (χ0v) is 13.6. The molecule has 2 N–H and O–H groups in total. The van der Waals surface area contributed by atoms with Gasteiger partial charge in [-0.25, -0.2) is 4.98 Å². The van der Waals surface area contributed by atoms with Gasteiger partial charge in [0.25, 0.3) is 0 Å². The molecule has 5 heteroatoms. The third-order valence-corrected chi connectivity index (χ3v) is 5.52. The van der Waals surface area contributed by atoms with E-state index in [1.807, 2.05) is 30.7 Å². The molecule has 2 saturated heterocycles. The Morgan fingerprint density at radius 3 is 2.92 bits per heavy atom. The van der Waals surface area contributed by atoms with Gasteiger partial charge < -0.3 is 15.2 Å². The molecule has 5 nitrogen and oxygen atoms in total. The maximum Gasteiger partial charge on any atom is 0.140 e. The Labute approximate surface area is 141 Å². The maximum atomic E-state index is 4.53. The van der Waals surface area contributed by atoms with Crippen molar-refractivity contribution in [1.29, 1.82) is 0 Å². The molecule has 5 heterocycles. The van der Waals surface area contributed by atoms with Gasteiger partial charge in [0.15, 0.2) is 0 Å². The molecule has 0 bridgehead atoms. The first-order valence-electron chi connectivity index (χ1n) is 8.72. The molecule has 2 aliphatic heterocycles. The lowest BCUT2D eigenvalue weighted by atomic mass is 9.97. The van der Waals surface area contributed by atoms with Crippen molar-refractivity contribution in [3.63, 3.8) is 0 Å². The van der Waals surface area contributed by atoms with Crippen LogP contribution < -0.4 is 10.2 Å². The van der Waals surface area contributed by atoms with Crippen molar-refractivity contribution in [3.05, 3.63) is 42.9 Å². The van der Waals surface area contributed by atoms with E-state index in [4.69, 9.17) is 0 Å². The van der Waals surface area contributed by atoms with Crippen LogP contribution in [0.5, 0.6) is 0 Å². The van der Waals surface area contributed by atoms with Gasteiger partial charge in [-0.3, -0.25) is 4.98 Å². The summed E-state index contributed by atoms with van der Waals surface area (Å²) >= 11 is 0. The van der Waals surface area contributed by atoms with E-state index in [1.165, 1.54) is 30.3 Å². The molecule has 122 valence electrons. The number of aromatic amines is 1. The number of pyridine rings is 2. The summed E-state index contributed by atoms with van der Waals surface area (Å²) < 4.78 is 0. The largest absolute Gasteiger partial charge is 0.369 e. The molecule has 2 aliphatic rings. The lowest BCUT2D eigenvalue weighted by Crippen LogP contribution is -2.42. The molecule has 2 fully saturated rings. The van der Waals surface area contributed by atoms with E-state index in [0.29, 0.717) is 5.54 Å². The fourth-order valence-corrected chi connectivity index (χ4v) is 4.32. The van der Waals surface area contributed by atoms with Gasteiger partial charge in [-0.1, -0.05) is 6.07 Å². The van der Waals surface area contributed by atoms with E-state index in [0.717, 1.165) is 36.5 Å². The van der Waals surface area contributed by atoms with Gasteiger partial charge in [-0.2, -0.15) is 0 Å². The summed E-state index contributed by atoms with van der Waals surface area (Å²) in [6.07, 6.45) is 9.59. The summed E-state index contributed by atoms with van der Waals surface area (Å²) in [5.74, 6) is 0. The molecule has 3 aromatic heterocycles. The molecule has 0 aliphatic carbocycles. The summed E-state index contributed by atoms with van der Waals surface area (Å²) in [4.78, 5) is 14.9. The molecule has 1 atom stereocenters. The summed E-state index contributed by atoms with van der Waals surface area (Å²) in [6.45, 7) is 3.33. The second kappa shape index (κ2) is 5.31. The number of nitrogens with one attached hydrogen (secondary N) is 2. The van der Waals surface area contributed by atoms with Crippen LogP contribution in [0.15, 0.2) is 42.9 Å². The monoisotopic (exact) mass is 319 g/mol. The van der Waals surface area contributed by atoms with Crippen LogP contribution in [0.25, 0.3) is 22.3 Å². The highest BCUT2D eigenvalue weighted by Crippen LogP contribution is 2.38. The highest BCUT2D eigenvalue weighted by Gasteiger charge is 2.40. The van der Waals surface area contributed by atoms with Crippen molar-refractivity contribution in [2.45, 2.75) is 24.8 Å². The minimum Gasteiger partial charge on any atom is -0.369 e. The lowest BCUT2D eigenvalue weighted by molar-refractivity contribution is 0.419. The third kappa shape index (κ3) is 2.12. The first-order chi connectivity index (χ1) is 11.8. The number of hydrogen-bond acceptors (Lipinski definition) is 4. The highest BCUT2D eigenvalue weighted by atomic mass is 15.2. The van der Waals surface area contributed by atoms with E-state index in [1.54, 1.807) is 0 Å². The molecule has 0 aromatic carbocycles. The number of anilines is 1. The van der Waals surface area contributed by atoms with E-state index in [2.05, 4.69) is 37.3 Å². The molecule has 1 unspecified atom stereocenters. The van der Waals surface area contributed by atoms with Crippen molar-refractivity contribution in [1.82, 2.24) is 20.3 Å². The van der Waals surface area contributed by atoms with E-state index in [9.17, 15) is 0 Å². The Kier molecular flexibility index (Phi) is 3.10. The summed E-state index contributed by atoms with van der Waals surface area (Å²) in [5, 5.41) is 4.93. The van der Waals surface area contributed by atoms with Gasteiger partial charge in [0.2, 0.25) is 0 Å². The molecule has 24 heavy (non-hydrogen) atoms. The average molecular weight is 319 g/mol. The van der Waals surface area contributed by atoms with Crippen LogP contribution in [0.3, 0.4) is 0 Å². The van der Waals surface area contributed by atoms with Crippen molar-refractivity contribution in [2.24, 2.45) is 0 Å². The van der Waals surface area contributed by atoms with Crippen molar-refractivity contribution < 1.29 is 0 Å². The number of H-pyrrole nitrogens is 1. The van der Waals surface area contributed by atoms with Gasteiger partial charge in [-0.05, 0) is 44.0 Å². The Morgan fingerprint density at radius 2 is 2.08 bits per heavy atom. The zero-order chi connectivity index (χ0) is 16.0. The SMILES string of the molecule is c1ccc(-c2c[nH]c3nccc(N4CCC5(CCCN5)C4)c23)nc1. The second-order valence-electron chi connectivity index (χ2n) is 6.95. The Balaban J connectivity index is 1.60. The Bertz CT molecular complexity index is 864. The number of nitrogens with zero attached hydrogens (tertiary/aromatic N) is 3. The van der Waals surface area contributed by atoms with Crippen LogP contribution in [-0.2, 0) is 0 Å². The minimum absolute atomic E-state index is 0.317. The zero-order valence-electron chi connectivity index (χ0n) is 13.6. The standard InChI is InChI=1S/C19H21N5/c1-2-8-20-15(4-1)14-12-22-18-17(14)16(5-10-21-18)24-11-7-19(13-24)6-3-9-23-19/h1-2,4-5,8,10,12,23H,3,6-7,9,11,13H2,(H,21,22). The van der Waals surface area contributed by atoms with Gasteiger partial charge in [0.05, 0.1) is 16.8 Å². The summed E-state index contributed by atoms with van der Waals surface area (Å²) in [6, 6.07) is 8.19. The number of aromatic nitrogens is 3. The normalized spacial score (nSPS) is 23.6. The molecule has 0 saturated carbocycles. The fraction of sp³-hybridized carbons (Fsp3) is 0.368. The average Bonchev–Trinajstić information content (AvgIpc) is 3.36. The Hall–Kier alpha value is -2.40. The number of fused-ring (bicyclic) bond motifs is 1. The van der Waals surface area contributed by atoms with E-state index in [-0.39, 0.29) is 0 Å². The molecule has 5 rings (SSSR count). The molecular formula is C19H21N5. The fourth-order valence-electron chi connectivity index (χ4n) is 4.32. The number of rotatable bonds is 2. The van der Waals surface area contributed by atoms with Gasteiger partial charge in [0, 0.05) is 42.8 Å². The van der Waals surface area contributed by atoms with Crippen molar-refractivity contribution in [2.75, 3.05) is 24.5 Å². The van der Waals surface area contributed by atoms with Gasteiger partial charge >= 0.3 is 0 Å². The van der Waals surface area contributed by atoms with Crippen molar-refractivity contribution in [3.8, 4) is 11.3 Å². The molecular weight excluding hydrogens is 298 g/mol. The summed E-state index contributed by atoms with van der Waals surface area (Å²) in [5.41, 5.74) is 4.65. The molecule has 0 radical (unpaired) electrons. The Morgan fingerprint density at radius 1 is 1.08 bits per heavy atom. The quantitative estimate of drug-likeness (QED) is 0.762. The smallest absolute Gasteiger partial charge is 0.140 e. The highest BCUT2D eigenvalue weighted by molar-refractivity contribution is 6.02. The predicted octanol–water partition coefficient (Wildman–Crippen LogP) is 2.96. The molecule has 1 spiro atoms. The van der Waals surface area contributed by atoms with Crippen LogP contribution in [-0.4, -0.2) is 40.1 Å². The first kappa shape index (κ1) is 14.0. The molecule has 3 aromatic rings. The van der Waals surface area contributed by atoms with Gasteiger partial charge in [-0.15, -0.1) is 0 Å². The van der Waals surface area contributed by atoms with Crippen LogP contribution in [0, 0.1) is 0 Å². The van der Waals surface area contributed by atoms with Crippen LogP contribution >= 0.6 is 0 Å².